The van der Waals surface area contributed by atoms with Crippen LogP contribution in [-0.4, -0.2) is 35.6 Å². The Balaban J connectivity index is 1.91. The highest BCUT2D eigenvalue weighted by atomic mass is 16.2. The van der Waals surface area contributed by atoms with E-state index in [9.17, 15) is 4.79 Å². The summed E-state index contributed by atoms with van der Waals surface area (Å²) < 4.78 is 1.97. The van der Waals surface area contributed by atoms with Crippen LogP contribution in [0.25, 0.3) is 11.0 Å². The lowest BCUT2D eigenvalue weighted by Crippen LogP contribution is -2.51. The van der Waals surface area contributed by atoms with Gasteiger partial charge in [0.15, 0.2) is 0 Å². The fourth-order valence-electron chi connectivity index (χ4n) is 2.20. The number of imidazole rings is 1. The lowest BCUT2D eigenvalue weighted by molar-refractivity contribution is -0.123. The van der Waals surface area contributed by atoms with Crippen molar-refractivity contribution in [3.63, 3.8) is 0 Å². The standard InChI is InChI=1S/C13H16N4O/c1-16-8-15-11-5-10(3-4-12(11)16)17(2)13(18)9-6-14-7-9/h3-5,8-9,14H,6-7H2,1-2H3. The summed E-state index contributed by atoms with van der Waals surface area (Å²) in [4.78, 5) is 18.2. The quantitative estimate of drug-likeness (QED) is 0.848. The van der Waals surface area contributed by atoms with Crippen LogP contribution in [0.15, 0.2) is 24.5 Å². The molecule has 0 radical (unpaired) electrons. The Morgan fingerprint density at radius 1 is 1.50 bits per heavy atom. The number of anilines is 1. The summed E-state index contributed by atoms with van der Waals surface area (Å²) in [7, 11) is 3.79. The smallest absolute Gasteiger partial charge is 0.232 e. The number of benzene rings is 1. The molecular weight excluding hydrogens is 228 g/mol. The van der Waals surface area contributed by atoms with Gasteiger partial charge < -0.3 is 14.8 Å². The molecule has 1 N–H and O–H groups in total. The highest BCUT2D eigenvalue weighted by Gasteiger charge is 2.28. The van der Waals surface area contributed by atoms with Gasteiger partial charge in [0.25, 0.3) is 0 Å². The molecular formula is C13H16N4O. The first-order chi connectivity index (χ1) is 8.66. The Bertz CT molecular complexity index is 600. The molecule has 5 heteroatoms. The molecule has 1 amide bonds. The molecule has 2 heterocycles. The number of carbonyl (C=O) groups excluding carboxylic acids is 1. The summed E-state index contributed by atoms with van der Waals surface area (Å²) in [5.74, 6) is 0.290. The Morgan fingerprint density at radius 3 is 2.94 bits per heavy atom. The number of aromatic nitrogens is 2. The van der Waals surface area contributed by atoms with Crippen LogP contribution in [0, 0.1) is 5.92 Å². The average Bonchev–Trinajstić information content (AvgIpc) is 2.67. The molecule has 3 rings (SSSR count). The van der Waals surface area contributed by atoms with Crippen LogP contribution >= 0.6 is 0 Å². The first-order valence-corrected chi connectivity index (χ1v) is 6.06. The maximum absolute atomic E-state index is 12.1. The topological polar surface area (TPSA) is 50.2 Å². The van der Waals surface area contributed by atoms with E-state index in [1.54, 1.807) is 11.2 Å². The number of rotatable bonds is 2. The second-order valence-electron chi connectivity index (χ2n) is 4.78. The summed E-state index contributed by atoms with van der Waals surface area (Å²) >= 11 is 0. The second kappa shape index (κ2) is 4.10. The molecule has 5 nitrogen and oxygen atoms in total. The van der Waals surface area contributed by atoms with Gasteiger partial charge in [-0.05, 0) is 18.2 Å². The molecule has 0 atom stereocenters. The molecule has 0 saturated carbocycles. The minimum atomic E-state index is 0.120. The van der Waals surface area contributed by atoms with Gasteiger partial charge in [0, 0.05) is 32.9 Å². The summed E-state index contributed by atoms with van der Waals surface area (Å²) in [5.41, 5.74) is 2.89. The van der Waals surface area contributed by atoms with E-state index in [1.165, 1.54) is 0 Å². The molecule has 1 aliphatic rings. The highest BCUT2D eigenvalue weighted by molar-refractivity contribution is 5.97. The number of fused-ring (bicyclic) bond motifs is 1. The van der Waals surface area contributed by atoms with Gasteiger partial charge in [0.05, 0.1) is 23.3 Å². The van der Waals surface area contributed by atoms with E-state index in [2.05, 4.69) is 10.3 Å². The van der Waals surface area contributed by atoms with Crippen LogP contribution in [0.1, 0.15) is 0 Å². The first kappa shape index (κ1) is 11.2. The molecule has 1 aromatic carbocycles. The molecule has 1 aliphatic heterocycles. The zero-order valence-electron chi connectivity index (χ0n) is 10.6. The van der Waals surface area contributed by atoms with Gasteiger partial charge in [-0.3, -0.25) is 4.79 Å². The van der Waals surface area contributed by atoms with Gasteiger partial charge >= 0.3 is 0 Å². The number of aryl methyl sites for hydroxylation is 1. The Hall–Kier alpha value is -1.88. The summed E-state index contributed by atoms with van der Waals surface area (Å²) in [6.07, 6.45) is 1.78. The minimum absolute atomic E-state index is 0.120. The molecule has 18 heavy (non-hydrogen) atoms. The van der Waals surface area contributed by atoms with E-state index in [4.69, 9.17) is 0 Å². The van der Waals surface area contributed by atoms with E-state index in [1.807, 2.05) is 36.9 Å². The molecule has 0 spiro atoms. The van der Waals surface area contributed by atoms with Gasteiger partial charge in [0.1, 0.15) is 0 Å². The molecule has 1 aromatic heterocycles. The third-order valence-corrected chi connectivity index (χ3v) is 3.56. The lowest BCUT2D eigenvalue weighted by atomic mass is 10.0. The Labute approximate surface area is 105 Å². The molecule has 1 fully saturated rings. The largest absolute Gasteiger partial charge is 0.334 e. The molecule has 0 aliphatic carbocycles. The SMILES string of the molecule is CN(C(=O)C1CNC1)c1ccc2c(c1)ncn2C. The van der Waals surface area contributed by atoms with Crippen molar-refractivity contribution in [2.75, 3.05) is 25.0 Å². The summed E-state index contributed by atoms with van der Waals surface area (Å²) in [6.45, 7) is 1.57. The van der Waals surface area contributed by atoms with Gasteiger partial charge in [-0.25, -0.2) is 4.98 Å². The van der Waals surface area contributed by atoms with Crippen LogP contribution < -0.4 is 10.2 Å². The van der Waals surface area contributed by atoms with Crippen molar-refractivity contribution in [3.8, 4) is 0 Å². The maximum atomic E-state index is 12.1. The maximum Gasteiger partial charge on any atom is 0.232 e. The van der Waals surface area contributed by atoms with Gasteiger partial charge in [-0.2, -0.15) is 0 Å². The molecule has 0 bridgehead atoms. The molecule has 2 aromatic rings. The van der Waals surface area contributed by atoms with E-state index in [-0.39, 0.29) is 11.8 Å². The predicted molar refractivity (Wildman–Crippen MR) is 70.5 cm³/mol. The van der Waals surface area contributed by atoms with Crippen molar-refractivity contribution >= 4 is 22.6 Å². The lowest BCUT2D eigenvalue weighted by Gasteiger charge is -2.30. The third kappa shape index (κ3) is 1.67. The van der Waals surface area contributed by atoms with Crippen LogP contribution in [0.2, 0.25) is 0 Å². The normalized spacial score (nSPS) is 15.7. The predicted octanol–water partition coefficient (Wildman–Crippen LogP) is 0.755. The second-order valence-corrected chi connectivity index (χ2v) is 4.78. The third-order valence-electron chi connectivity index (χ3n) is 3.56. The van der Waals surface area contributed by atoms with Crippen LogP contribution in [0.5, 0.6) is 0 Å². The van der Waals surface area contributed by atoms with Crippen molar-refractivity contribution in [2.24, 2.45) is 13.0 Å². The van der Waals surface area contributed by atoms with Crippen LogP contribution in [-0.2, 0) is 11.8 Å². The number of carbonyl (C=O) groups is 1. The molecule has 1 saturated heterocycles. The Kier molecular flexibility index (Phi) is 2.56. The number of hydrogen-bond donors (Lipinski definition) is 1. The van der Waals surface area contributed by atoms with Gasteiger partial charge in [-0.1, -0.05) is 0 Å². The summed E-state index contributed by atoms with van der Waals surface area (Å²) in [5, 5.41) is 3.12. The fourth-order valence-corrected chi connectivity index (χ4v) is 2.20. The fraction of sp³-hybridized carbons (Fsp3) is 0.385. The van der Waals surface area contributed by atoms with Crippen LogP contribution in [0.4, 0.5) is 5.69 Å². The van der Waals surface area contributed by atoms with Gasteiger partial charge in [0.2, 0.25) is 5.91 Å². The van der Waals surface area contributed by atoms with Gasteiger partial charge in [-0.15, -0.1) is 0 Å². The number of amides is 1. The summed E-state index contributed by atoms with van der Waals surface area (Å²) in [6, 6.07) is 5.92. The van der Waals surface area contributed by atoms with E-state index < -0.39 is 0 Å². The zero-order chi connectivity index (χ0) is 12.7. The van der Waals surface area contributed by atoms with Crippen molar-refractivity contribution in [1.82, 2.24) is 14.9 Å². The van der Waals surface area contributed by atoms with E-state index in [0.29, 0.717) is 0 Å². The zero-order valence-corrected chi connectivity index (χ0v) is 10.6. The van der Waals surface area contributed by atoms with E-state index >= 15 is 0 Å². The van der Waals surface area contributed by atoms with E-state index in [0.717, 1.165) is 29.8 Å². The number of nitrogens with one attached hydrogen (secondary N) is 1. The Morgan fingerprint density at radius 2 is 2.28 bits per heavy atom. The molecule has 0 unspecified atom stereocenters. The van der Waals surface area contributed by atoms with Crippen molar-refractivity contribution in [2.45, 2.75) is 0 Å². The number of nitrogens with zero attached hydrogens (tertiary/aromatic N) is 3. The minimum Gasteiger partial charge on any atom is -0.334 e. The number of hydrogen-bond acceptors (Lipinski definition) is 3. The molecule has 94 valence electrons. The van der Waals surface area contributed by atoms with Crippen molar-refractivity contribution in [3.05, 3.63) is 24.5 Å². The van der Waals surface area contributed by atoms with Crippen LogP contribution in [0.3, 0.4) is 0 Å². The monoisotopic (exact) mass is 244 g/mol. The van der Waals surface area contributed by atoms with Crippen molar-refractivity contribution < 1.29 is 4.79 Å². The highest BCUT2D eigenvalue weighted by Crippen LogP contribution is 2.22. The van der Waals surface area contributed by atoms with Crippen molar-refractivity contribution in [1.29, 1.82) is 0 Å². The first-order valence-electron chi connectivity index (χ1n) is 6.06. The average molecular weight is 244 g/mol.